The van der Waals surface area contributed by atoms with E-state index in [4.69, 9.17) is 0 Å². The summed E-state index contributed by atoms with van der Waals surface area (Å²) in [7, 11) is 2.21. The maximum atomic E-state index is 3.41. The van der Waals surface area contributed by atoms with Gasteiger partial charge in [0.05, 0.1) is 0 Å². The zero-order valence-electron chi connectivity index (χ0n) is 9.06. The monoisotopic (exact) mass is 172 g/mol. The Bertz CT molecular complexity index is 87.8. The van der Waals surface area contributed by atoms with Crippen molar-refractivity contribution in [1.82, 2.24) is 10.2 Å². The first-order valence-corrected chi connectivity index (χ1v) is 5.25. The normalized spacial score (nSPS) is 23.2. The summed E-state index contributed by atoms with van der Waals surface area (Å²) in [6.07, 6.45) is 2.71. The van der Waals surface area contributed by atoms with Crippen molar-refractivity contribution < 1.29 is 0 Å². The van der Waals surface area contributed by atoms with Crippen molar-refractivity contribution in [2.45, 2.75) is 39.7 Å². The van der Waals surface area contributed by atoms with Crippen molar-refractivity contribution in [1.29, 1.82) is 0 Å². The maximum absolute atomic E-state index is 3.41. The molecule has 1 heterocycles. The summed E-state index contributed by atoms with van der Waals surface area (Å²) in [5, 5.41) is 3.41. The van der Waals surface area contributed by atoms with Crippen molar-refractivity contribution in [2.24, 2.45) is 0 Å². The minimum atomic E-state index is 0.791. The van der Waals surface area contributed by atoms with Crippen LogP contribution >= 0.6 is 0 Å². The molecule has 1 rings (SSSR count). The van der Waals surface area contributed by atoms with Gasteiger partial charge in [0.25, 0.3) is 0 Å². The van der Waals surface area contributed by atoms with Crippen molar-refractivity contribution in [3.05, 3.63) is 0 Å². The molecule has 0 saturated carbocycles. The van der Waals surface area contributed by atoms with E-state index < -0.39 is 0 Å². The summed E-state index contributed by atoms with van der Waals surface area (Å²) in [4.78, 5) is 2.42. The lowest BCUT2D eigenvalue weighted by molar-refractivity contribution is 0.212. The predicted molar refractivity (Wildman–Crippen MR) is 55.5 cm³/mol. The number of nitrogens with zero attached hydrogens (tertiary/aromatic N) is 1. The van der Waals surface area contributed by atoms with E-state index in [1.165, 1.54) is 32.5 Å². The predicted octanol–water partition coefficient (Wildman–Crippen LogP) is 1.72. The maximum Gasteiger partial charge on any atom is 0.0217 e. The van der Waals surface area contributed by atoms with Crippen LogP contribution in [0.15, 0.2) is 0 Å². The third-order valence-electron chi connectivity index (χ3n) is 2.39. The van der Waals surface area contributed by atoms with Gasteiger partial charge >= 0.3 is 0 Å². The lowest BCUT2D eigenvalue weighted by Crippen LogP contribution is -2.43. The molecule has 0 spiro atoms. The van der Waals surface area contributed by atoms with E-state index in [1.54, 1.807) is 0 Å². The van der Waals surface area contributed by atoms with Crippen LogP contribution < -0.4 is 5.32 Å². The third-order valence-corrected chi connectivity index (χ3v) is 2.39. The van der Waals surface area contributed by atoms with Crippen molar-refractivity contribution in [2.75, 3.05) is 26.7 Å². The largest absolute Gasteiger partial charge is 0.315 e. The van der Waals surface area contributed by atoms with Gasteiger partial charge in [0.2, 0.25) is 0 Å². The lowest BCUT2D eigenvalue weighted by atomic mass is 10.1. The summed E-state index contributed by atoms with van der Waals surface area (Å²) in [6, 6.07) is 0.791. The number of hydrogen-bond donors (Lipinski definition) is 1. The van der Waals surface area contributed by atoms with Gasteiger partial charge in [0.15, 0.2) is 0 Å². The highest BCUT2D eigenvalue weighted by atomic mass is 15.1. The standard InChI is InChI=1S/C8H18N2.C2H6/c1-3-10(2)8-5-4-6-9-7-8;1-2/h8-9H,3-7H2,1-2H3;1-2H3. The Balaban J connectivity index is 0.000000561. The van der Waals surface area contributed by atoms with Crippen LogP contribution in [-0.2, 0) is 0 Å². The van der Waals surface area contributed by atoms with Gasteiger partial charge in [0.1, 0.15) is 0 Å². The smallest absolute Gasteiger partial charge is 0.0217 e. The topological polar surface area (TPSA) is 15.3 Å². The molecule has 0 aliphatic carbocycles. The molecule has 1 unspecified atom stereocenters. The summed E-state index contributed by atoms with van der Waals surface area (Å²) in [6.45, 7) is 9.79. The molecular formula is C10H24N2. The van der Waals surface area contributed by atoms with Gasteiger partial charge < -0.3 is 10.2 Å². The second-order valence-corrected chi connectivity index (χ2v) is 3.07. The molecule has 1 atom stereocenters. The van der Waals surface area contributed by atoms with Gasteiger partial charge in [-0.15, -0.1) is 0 Å². The van der Waals surface area contributed by atoms with Crippen LogP contribution in [0.2, 0.25) is 0 Å². The van der Waals surface area contributed by atoms with E-state index >= 15 is 0 Å². The van der Waals surface area contributed by atoms with E-state index in [1.807, 2.05) is 13.8 Å². The average Bonchev–Trinajstić information content (AvgIpc) is 2.21. The number of rotatable bonds is 2. The molecule has 1 saturated heterocycles. The van der Waals surface area contributed by atoms with E-state index in [0.717, 1.165) is 6.04 Å². The van der Waals surface area contributed by atoms with E-state index in [2.05, 4.69) is 24.2 Å². The van der Waals surface area contributed by atoms with Gasteiger partial charge in [-0.3, -0.25) is 0 Å². The molecular weight excluding hydrogens is 148 g/mol. The van der Waals surface area contributed by atoms with Gasteiger partial charge in [-0.25, -0.2) is 0 Å². The highest BCUT2D eigenvalue weighted by Gasteiger charge is 2.15. The summed E-state index contributed by atoms with van der Waals surface area (Å²) in [5.74, 6) is 0. The molecule has 2 nitrogen and oxygen atoms in total. The summed E-state index contributed by atoms with van der Waals surface area (Å²) < 4.78 is 0. The fraction of sp³-hybridized carbons (Fsp3) is 1.00. The number of hydrogen-bond acceptors (Lipinski definition) is 2. The molecule has 1 fully saturated rings. The quantitative estimate of drug-likeness (QED) is 0.682. The fourth-order valence-corrected chi connectivity index (χ4v) is 1.47. The number of likely N-dealkylation sites (N-methyl/N-ethyl adjacent to an activating group) is 1. The van der Waals surface area contributed by atoms with Crippen LogP contribution in [0.25, 0.3) is 0 Å². The second kappa shape index (κ2) is 7.56. The SMILES string of the molecule is CC.CCN(C)C1CCCNC1. The van der Waals surface area contributed by atoms with Crippen LogP contribution in [0.5, 0.6) is 0 Å². The van der Waals surface area contributed by atoms with Gasteiger partial charge in [0, 0.05) is 12.6 Å². The highest BCUT2D eigenvalue weighted by Crippen LogP contribution is 2.06. The molecule has 74 valence electrons. The third kappa shape index (κ3) is 4.07. The molecule has 1 N–H and O–H groups in total. The Kier molecular flexibility index (Phi) is 7.51. The van der Waals surface area contributed by atoms with Crippen LogP contribution in [0.4, 0.5) is 0 Å². The van der Waals surface area contributed by atoms with E-state index in [9.17, 15) is 0 Å². The van der Waals surface area contributed by atoms with Crippen molar-refractivity contribution >= 4 is 0 Å². The first-order chi connectivity index (χ1) is 5.84. The molecule has 0 radical (unpaired) electrons. The van der Waals surface area contributed by atoms with Crippen LogP contribution in [0.3, 0.4) is 0 Å². The fourth-order valence-electron chi connectivity index (χ4n) is 1.47. The molecule has 0 aromatic carbocycles. The van der Waals surface area contributed by atoms with Crippen LogP contribution in [0, 0.1) is 0 Å². The summed E-state index contributed by atoms with van der Waals surface area (Å²) in [5.41, 5.74) is 0. The number of nitrogens with one attached hydrogen (secondary N) is 1. The van der Waals surface area contributed by atoms with Gasteiger partial charge in [-0.1, -0.05) is 20.8 Å². The average molecular weight is 172 g/mol. The van der Waals surface area contributed by atoms with Crippen molar-refractivity contribution in [3.8, 4) is 0 Å². The van der Waals surface area contributed by atoms with Gasteiger partial charge in [-0.2, -0.15) is 0 Å². The zero-order valence-corrected chi connectivity index (χ0v) is 9.06. The molecule has 12 heavy (non-hydrogen) atoms. The lowest BCUT2D eigenvalue weighted by Gasteiger charge is -2.30. The first-order valence-electron chi connectivity index (χ1n) is 5.25. The van der Waals surface area contributed by atoms with Gasteiger partial charge in [-0.05, 0) is 33.0 Å². The molecule has 0 bridgehead atoms. The number of piperidine rings is 1. The Morgan fingerprint density at radius 2 is 2.08 bits per heavy atom. The van der Waals surface area contributed by atoms with Crippen LogP contribution in [0.1, 0.15) is 33.6 Å². The highest BCUT2D eigenvalue weighted by molar-refractivity contribution is 4.75. The molecule has 1 aliphatic rings. The first kappa shape index (κ1) is 11.9. The zero-order chi connectivity index (χ0) is 9.40. The molecule has 0 amide bonds. The molecule has 0 aromatic heterocycles. The second-order valence-electron chi connectivity index (χ2n) is 3.07. The minimum absolute atomic E-state index is 0.791. The minimum Gasteiger partial charge on any atom is -0.315 e. The molecule has 1 aliphatic heterocycles. The van der Waals surface area contributed by atoms with Crippen molar-refractivity contribution in [3.63, 3.8) is 0 Å². The Morgan fingerprint density at radius 3 is 2.50 bits per heavy atom. The Morgan fingerprint density at radius 1 is 1.42 bits per heavy atom. The van der Waals surface area contributed by atoms with E-state index in [-0.39, 0.29) is 0 Å². The Labute approximate surface area is 77.3 Å². The van der Waals surface area contributed by atoms with E-state index in [0.29, 0.717) is 0 Å². The Hall–Kier alpha value is -0.0800. The molecule has 0 aromatic rings. The summed E-state index contributed by atoms with van der Waals surface area (Å²) >= 11 is 0. The molecule has 2 heteroatoms. The van der Waals surface area contributed by atoms with Crippen LogP contribution in [-0.4, -0.2) is 37.6 Å².